The summed E-state index contributed by atoms with van der Waals surface area (Å²) < 4.78 is 2.23. The molecule has 0 fully saturated rings. The van der Waals surface area contributed by atoms with Crippen molar-refractivity contribution in [1.29, 1.82) is 0 Å². The molecule has 1 unspecified atom stereocenters. The third kappa shape index (κ3) is 9.58. The Hall–Kier alpha value is 0.675. The lowest BCUT2D eigenvalue weighted by molar-refractivity contribution is 0.184. The molecule has 0 radical (unpaired) electrons. The van der Waals surface area contributed by atoms with Gasteiger partial charge < -0.3 is 5.64 Å². The summed E-state index contributed by atoms with van der Waals surface area (Å²) in [6.07, 6.45) is 14.6. The normalized spacial score (nSPS) is 14.5. The monoisotopic (exact) mass is 395 g/mol. The summed E-state index contributed by atoms with van der Waals surface area (Å²) in [6.45, 7) is 6.93. The molecule has 3 N–H and O–H groups in total. The number of unbranched alkanes of at least 4 members (excludes halogenated alkanes) is 7. The molecule has 0 aliphatic carbocycles. The summed E-state index contributed by atoms with van der Waals surface area (Å²) in [5, 5.41) is 3.28. The Kier molecular flexibility index (Phi) is 13.8. The van der Waals surface area contributed by atoms with Crippen LogP contribution in [0.3, 0.4) is 0 Å². The molecule has 0 saturated heterocycles. The van der Waals surface area contributed by atoms with E-state index in [-0.39, 0.29) is 5.54 Å². The number of nitrogens with one attached hydrogen (secondary N) is 1. The van der Waals surface area contributed by atoms with Crippen LogP contribution in [0.15, 0.2) is 0 Å². The van der Waals surface area contributed by atoms with E-state index in [1.165, 1.54) is 70.6 Å². The van der Waals surface area contributed by atoms with Crippen molar-refractivity contribution in [2.45, 2.75) is 96.9 Å². The van der Waals surface area contributed by atoms with Crippen molar-refractivity contribution >= 4 is 30.4 Å². The van der Waals surface area contributed by atoms with Gasteiger partial charge in [0.2, 0.25) is 0 Å². The molecule has 120 valence electrons. The second-order valence-electron chi connectivity index (χ2n) is 6.11. The molecule has 20 heavy (non-hydrogen) atoms. The lowest BCUT2D eigenvalue weighted by atomic mass is 9.88. The Bertz CT molecular complexity index is 219. The van der Waals surface area contributed by atoms with E-state index in [4.69, 9.17) is 5.64 Å². The standard InChI is InChI=1S/C15H35BIN3/c1-4-6-8-10-12-14-15(3,20(17)19-16-18)13-11-9-7-5-2/h16,19H,4-14,18H2,1-3H3. The van der Waals surface area contributed by atoms with Gasteiger partial charge in [-0.25, -0.2) is 0 Å². The number of hydrazine groups is 1. The van der Waals surface area contributed by atoms with Crippen molar-refractivity contribution in [1.82, 2.24) is 8.56 Å². The van der Waals surface area contributed by atoms with Crippen LogP contribution in [0.2, 0.25) is 0 Å². The van der Waals surface area contributed by atoms with Gasteiger partial charge in [-0.2, -0.15) is 3.22 Å². The number of hydrogen-bond acceptors (Lipinski definition) is 3. The first kappa shape index (κ1) is 20.7. The number of rotatable bonds is 14. The van der Waals surface area contributed by atoms with Crippen LogP contribution in [0.25, 0.3) is 0 Å². The number of nitrogens with two attached hydrogens (primary N) is 1. The first-order chi connectivity index (χ1) is 9.60. The minimum Gasteiger partial charge on any atom is -0.358 e. The second kappa shape index (κ2) is 13.3. The minimum absolute atomic E-state index is 0.236. The Morgan fingerprint density at radius 3 is 1.85 bits per heavy atom. The van der Waals surface area contributed by atoms with Crippen LogP contribution in [0.5, 0.6) is 0 Å². The van der Waals surface area contributed by atoms with Crippen LogP contribution in [0, 0.1) is 0 Å². The van der Waals surface area contributed by atoms with E-state index >= 15 is 0 Å². The SMILES string of the molecule is CCCCCCCC(C)(CCCCCC)N(I)NBN. The quantitative estimate of drug-likeness (QED) is 0.150. The van der Waals surface area contributed by atoms with Crippen molar-refractivity contribution in [2.24, 2.45) is 5.64 Å². The summed E-state index contributed by atoms with van der Waals surface area (Å²) in [6, 6.07) is 0. The van der Waals surface area contributed by atoms with Gasteiger partial charge >= 0.3 is 0 Å². The Morgan fingerprint density at radius 2 is 1.40 bits per heavy atom. The van der Waals surface area contributed by atoms with Gasteiger partial charge in [-0.3, -0.25) is 5.34 Å². The fourth-order valence-corrected chi connectivity index (χ4v) is 3.31. The molecule has 3 nitrogen and oxygen atoms in total. The molecular weight excluding hydrogens is 360 g/mol. The summed E-state index contributed by atoms with van der Waals surface area (Å²) in [7, 11) is 0.517. The summed E-state index contributed by atoms with van der Waals surface area (Å²) in [4.78, 5) is 0. The molecule has 0 aromatic heterocycles. The second-order valence-corrected chi connectivity index (χ2v) is 7.08. The number of nitrogens with zero attached hydrogens (tertiary/aromatic N) is 1. The van der Waals surface area contributed by atoms with Gasteiger partial charge in [-0.05, 0) is 19.8 Å². The van der Waals surface area contributed by atoms with Gasteiger partial charge in [-0.1, -0.05) is 71.6 Å². The third-order valence-electron chi connectivity index (χ3n) is 4.09. The van der Waals surface area contributed by atoms with Gasteiger partial charge in [-0.15, -0.1) is 0 Å². The zero-order valence-corrected chi connectivity index (χ0v) is 16.0. The van der Waals surface area contributed by atoms with E-state index in [1.54, 1.807) is 0 Å². The third-order valence-corrected chi connectivity index (χ3v) is 5.60. The molecule has 0 spiro atoms. The highest BCUT2D eigenvalue weighted by Gasteiger charge is 2.29. The van der Waals surface area contributed by atoms with Crippen LogP contribution in [0.1, 0.15) is 91.4 Å². The molecular formula is C15H35BIN3. The molecule has 0 saturated carbocycles. The van der Waals surface area contributed by atoms with Gasteiger partial charge in [0.1, 0.15) is 0 Å². The lowest BCUT2D eigenvalue weighted by Gasteiger charge is -2.37. The van der Waals surface area contributed by atoms with Gasteiger partial charge in [0.25, 0.3) is 7.55 Å². The fourth-order valence-electron chi connectivity index (χ4n) is 2.63. The van der Waals surface area contributed by atoms with Crippen LogP contribution in [-0.2, 0) is 0 Å². The van der Waals surface area contributed by atoms with Gasteiger partial charge in [0, 0.05) is 28.4 Å². The smallest absolute Gasteiger partial charge is 0.298 e. The van der Waals surface area contributed by atoms with E-state index < -0.39 is 0 Å². The highest BCUT2D eigenvalue weighted by molar-refractivity contribution is 14.1. The van der Waals surface area contributed by atoms with E-state index in [1.807, 2.05) is 0 Å². The van der Waals surface area contributed by atoms with E-state index in [0.29, 0.717) is 7.55 Å². The van der Waals surface area contributed by atoms with Gasteiger partial charge in [0.05, 0.1) is 0 Å². The van der Waals surface area contributed by atoms with Crippen LogP contribution >= 0.6 is 22.9 Å². The van der Waals surface area contributed by atoms with Crippen molar-refractivity contribution in [3.05, 3.63) is 0 Å². The number of hydrogen-bond donors (Lipinski definition) is 2. The Labute approximate surface area is 141 Å². The Balaban J connectivity index is 4.15. The molecule has 0 bridgehead atoms. The predicted molar refractivity (Wildman–Crippen MR) is 101 cm³/mol. The molecule has 0 heterocycles. The Morgan fingerprint density at radius 1 is 0.950 bits per heavy atom. The molecule has 0 aromatic rings. The summed E-state index contributed by atoms with van der Waals surface area (Å²) >= 11 is 2.39. The maximum absolute atomic E-state index is 5.64. The molecule has 5 heteroatoms. The molecule has 0 rings (SSSR count). The maximum Gasteiger partial charge on any atom is 0.298 e. The number of halogens is 1. The van der Waals surface area contributed by atoms with E-state index in [0.717, 1.165) is 0 Å². The largest absolute Gasteiger partial charge is 0.358 e. The van der Waals surface area contributed by atoms with Crippen LogP contribution < -0.4 is 11.0 Å². The van der Waals surface area contributed by atoms with Crippen molar-refractivity contribution in [3.63, 3.8) is 0 Å². The van der Waals surface area contributed by atoms with Crippen molar-refractivity contribution in [2.75, 3.05) is 0 Å². The molecule has 0 aliphatic heterocycles. The van der Waals surface area contributed by atoms with E-state index in [9.17, 15) is 0 Å². The molecule has 0 aliphatic rings. The fraction of sp³-hybridized carbons (Fsp3) is 1.00. The highest BCUT2D eigenvalue weighted by Crippen LogP contribution is 2.30. The topological polar surface area (TPSA) is 41.3 Å². The zero-order valence-electron chi connectivity index (χ0n) is 13.9. The van der Waals surface area contributed by atoms with E-state index in [2.05, 4.69) is 52.2 Å². The average molecular weight is 395 g/mol. The average Bonchev–Trinajstić information content (AvgIpc) is 2.44. The predicted octanol–water partition coefficient (Wildman–Crippen LogP) is 4.46. The first-order valence-electron chi connectivity index (χ1n) is 8.50. The maximum atomic E-state index is 5.64. The molecule has 0 aromatic carbocycles. The molecule has 0 amide bonds. The lowest BCUT2D eigenvalue weighted by Crippen LogP contribution is -2.50. The minimum atomic E-state index is 0.236. The van der Waals surface area contributed by atoms with Gasteiger partial charge in [0.15, 0.2) is 0 Å². The molecule has 1 atom stereocenters. The zero-order chi connectivity index (χ0) is 15.3. The first-order valence-corrected chi connectivity index (χ1v) is 9.46. The summed E-state index contributed by atoms with van der Waals surface area (Å²) in [5.41, 5.74) is 5.88. The van der Waals surface area contributed by atoms with Crippen LogP contribution in [0.4, 0.5) is 0 Å². The van der Waals surface area contributed by atoms with Crippen molar-refractivity contribution in [3.8, 4) is 0 Å². The van der Waals surface area contributed by atoms with Crippen LogP contribution in [-0.4, -0.2) is 16.3 Å². The highest BCUT2D eigenvalue weighted by atomic mass is 127. The van der Waals surface area contributed by atoms with Crippen molar-refractivity contribution < 1.29 is 0 Å². The summed E-state index contributed by atoms with van der Waals surface area (Å²) in [5.74, 6) is 0.